The highest BCUT2D eigenvalue weighted by Crippen LogP contribution is 2.43. The van der Waals surface area contributed by atoms with Gasteiger partial charge in [0.15, 0.2) is 5.82 Å². The van der Waals surface area contributed by atoms with Crippen LogP contribution in [0.5, 0.6) is 0 Å². The van der Waals surface area contributed by atoms with E-state index in [0.29, 0.717) is 5.82 Å². The molecule has 1 radical (unpaired) electrons. The molecule has 0 aliphatic heterocycles. The van der Waals surface area contributed by atoms with Gasteiger partial charge in [-0.2, -0.15) is 15.3 Å². The predicted molar refractivity (Wildman–Crippen MR) is 116 cm³/mol. The molecule has 4 aromatic rings. The second-order valence-corrected chi connectivity index (χ2v) is 8.08. The van der Waals surface area contributed by atoms with Crippen molar-refractivity contribution in [1.29, 1.82) is 0 Å². The molecular weight excluding hydrogens is 377 g/mol. The highest BCUT2D eigenvalue weighted by Gasteiger charge is 2.35. The Balaban J connectivity index is 1.43. The third-order valence-electron chi connectivity index (χ3n) is 6.16. The number of rotatable bonds is 4. The van der Waals surface area contributed by atoms with Crippen molar-refractivity contribution in [3.8, 4) is 11.3 Å². The van der Waals surface area contributed by atoms with Gasteiger partial charge in [-0.05, 0) is 54.8 Å². The number of H-pyrrole nitrogens is 1. The maximum absolute atomic E-state index is 13.5. The number of benzene rings is 2. The lowest BCUT2D eigenvalue weighted by atomic mass is 9.67. The standard InChI is InChI=1S/C24H23FN5/c25-18-7-5-17(6-8-18)24(12-2-1-3-13-24)15-19-9-11-21(28-27-19)16-4-10-22-20(14-16)23(26)30-29-22/h4-11,14-15H,1-3,12-13H2,(H3,26,29,30). The molecule has 6 heteroatoms. The zero-order chi connectivity index (χ0) is 20.6. The number of fused-ring (bicyclic) bond motifs is 1. The molecule has 151 valence electrons. The van der Waals surface area contributed by atoms with Gasteiger partial charge in [-0.15, -0.1) is 0 Å². The Kier molecular flexibility index (Phi) is 4.69. The monoisotopic (exact) mass is 400 g/mol. The number of hydrogen-bond donors (Lipinski definition) is 2. The van der Waals surface area contributed by atoms with Crippen LogP contribution in [-0.4, -0.2) is 20.4 Å². The van der Waals surface area contributed by atoms with Gasteiger partial charge in [0.05, 0.1) is 16.9 Å². The summed E-state index contributed by atoms with van der Waals surface area (Å²) in [6.07, 6.45) is 7.85. The number of nitrogens with zero attached hydrogens (tertiary/aromatic N) is 3. The quantitative estimate of drug-likeness (QED) is 0.494. The minimum Gasteiger partial charge on any atom is -0.382 e. The van der Waals surface area contributed by atoms with E-state index in [0.717, 1.165) is 59.1 Å². The van der Waals surface area contributed by atoms with E-state index in [-0.39, 0.29) is 11.2 Å². The van der Waals surface area contributed by atoms with Crippen LogP contribution in [0.1, 0.15) is 43.4 Å². The minimum absolute atomic E-state index is 0.119. The highest BCUT2D eigenvalue weighted by atomic mass is 19.1. The van der Waals surface area contributed by atoms with Gasteiger partial charge >= 0.3 is 0 Å². The van der Waals surface area contributed by atoms with Gasteiger partial charge in [0.1, 0.15) is 5.82 Å². The van der Waals surface area contributed by atoms with Crippen LogP contribution in [-0.2, 0) is 5.41 Å². The first kappa shape index (κ1) is 18.7. The Hall–Kier alpha value is -3.28. The molecule has 2 aromatic carbocycles. The average molecular weight is 400 g/mol. The van der Waals surface area contributed by atoms with Gasteiger partial charge < -0.3 is 5.73 Å². The number of nitrogen functional groups attached to an aromatic ring is 1. The third kappa shape index (κ3) is 3.43. The molecule has 1 fully saturated rings. The number of nitrogens with one attached hydrogen (secondary N) is 1. The molecule has 1 aliphatic carbocycles. The summed E-state index contributed by atoms with van der Waals surface area (Å²) in [4.78, 5) is 0. The van der Waals surface area contributed by atoms with Gasteiger partial charge in [0, 0.05) is 22.8 Å². The Labute approximate surface area is 174 Å². The van der Waals surface area contributed by atoms with Gasteiger partial charge in [-0.1, -0.05) is 37.5 Å². The fourth-order valence-corrected chi connectivity index (χ4v) is 4.53. The molecule has 0 bridgehead atoms. The molecule has 2 heterocycles. The van der Waals surface area contributed by atoms with E-state index < -0.39 is 0 Å². The smallest absolute Gasteiger partial charge is 0.153 e. The van der Waals surface area contributed by atoms with E-state index in [2.05, 4.69) is 26.8 Å². The Bertz CT molecular complexity index is 1160. The second kappa shape index (κ2) is 7.52. The minimum atomic E-state index is -0.205. The third-order valence-corrected chi connectivity index (χ3v) is 6.16. The zero-order valence-electron chi connectivity index (χ0n) is 16.6. The van der Waals surface area contributed by atoms with E-state index in [1.165, 1.54) is 6.42 Å². The fraction of sp³-hybridized carbons (Fsp3) is 0.250. The van der Waals surface area contributed by atoms with Crippen molar-refractivity contribution < 1.29 is 4.39 Å². The van der Waals surface area contributed by atoms with E-state index in [4.69, 9.17) is 5.73 Å². The van der Waals surface area contributed by atoms with Gasteiger partial charge in [0.25, 0.3) is 0 Å². The lowest BCUT2D eigenvalue weighted by Crippen LogP contribution is -2.30. The summed E-state index contributed by atoms with van der Waals surface area (Å²) in [6, 6.07) is 16.8. The molecule has 0 saturated heterocycles. The van der Waals surface area contributed by atoms with Crippen LogP contribution in [0.2, 0.25) is 0 Å². The SMILES string of the molecule is Nc1n[nH]c2ccc(-c3ccc([CH]C4(c5ccc(F)cc5)CCCCC4)nn3)cc12. The molecule has 0 unspecified atom stereocenters. The molecule has 0 spiro atoms. The summed E-state index contributed by atoms with van der Waals surface area (Å²) in [5.41, 5.74) is 10.4. The van der Waals surface area contributed by atoms with Crippen LogP contribution >= 0.6 is 0 Å². The number of aromatic amines is 1. The van der Waals surface area contributed by atoms with Crippen molar-refractivity contribution in [2.45, 2.75) is 37.5 Å². The van der Waals surface area contributed by atoms with Crippen LogP contribution in [0.25, 0.3) is 22.2 Å². The number of halogens is 1. The molecule has 1 saturated carbocycles. The first-order valence-corrected chi connectivity index (χ1v) is 10.3. The van der Waals surface area contributed by atoms with E-state index in [1.54, 1.807) is 12.1 Å². The van der Waals surface area contributed by atoms with Crippen molar-refractivity contribution >= 4 is 16.7 Å². The Morgan fingerprint density at radius 1 is 0.933 bits per heavy atom. The summed E-state index contributed by atoms with van der Waals surface area (Å²) in [6.45, 7) is 0. The summed E-state index contributed by atoms with van der Waals surface area (Å²) in [5, 5.41) is 16.8. The number of hydrogen-bond acceptors (Lipinski definition) is 4. The zero-order valence-corrected chi connectivity index (χ0v) is 16.6. The van der Waals surface area contributed by atoms with Crippen LogP contribution < -0.4 is 5.73 Å². The van der Waals surface area contributed by atoms with E-state index in [9.17, 15) is 4.39 Å². The second-order valence-electron chi connectivity index (χ2n) is 8.08. The summed E-state index contributed by atoms with van der Waals surface area (Å²) in [7, 11) is 0. The van der Waals surface area contributed by atoms with Gasteiger partial charge in [0.2, 0.25) is 0 Å². The summed E-state index contributed by atoms with van der Waals surface area (Å²) in [5.74, 6) is 0.271. The number of anilines is 1. The van der Waals surface area contributed by atoms with Crippen molar-refractivity contribution in [2.24, 2.45) is 0 Å². The largest absolute Gasteiger partial charge is 0.382 e. The molecule has 2 aromatic heterocycles. The highest BCUT2D eigenvalue weighted by molar-refractivity contribution is 5.91. The topological polar surface area (TPSA) is 80.5 Å². The van der Waals surface area contributed by atoms with E-state index >= 15 is 0 Å². The molecule has 1 aliphatic rings. The van der Waals surface area contributed by atoms with Crippen LogP contribution in [0, 0.1) is 12.2 Å². The van der Waals surface area contributed by atoms with Crippen LogP contribution in [0.3, 0.4) is 0 Å². The Morgan fingerprint density at radius 3 is 2.47 bits per heavy atom. The predicted octanol–water partition coefficient (Wildman–Crippen LogP) is 5.20. The molecule has 5 rings (SSSR count). The van der Waals surface area contributed by atoms with Crippen LogP contribution in [0.15, 0.2) is 54.6 Å². The maximum atomic E-state index is 13.5. The average Bonchev–Trinajstić information content (AvgIpc) is 3.15. The molecule has 30 heavy (non-hydrogen) atoms. The summed E-state index contributed by atoms with van der Waals surface area (Å²) >= 11 is 0. The van der Waals surface area contributed by atoms with Gasteiger partial charge in [-0.3, -0.25) is 5.10 Å². The molecular formula is C24H23FN5. The number of nitrogens with two attached hydrogens (primary N) is 1. The summed E-state index contributed by atoms with van der Waals surface area (Å²) < 4.78 is 13.5. The first-order chi connectivity index (χ1) is 14.6. The normalized spacial score (nSPS) is 16.0. The fourth-order valence-electron chi connectivity index (χ4n) is 4.53. The number of aromatic nitrogens is 4. The first-order valence-electron chi connectivity index (χ1n) is 10.3. The van der Waals surface area contributed by atoms with Crippen molar-refractivity contribution in [1.82, 2.24) is 20.4 Å². The van der Waals surface area contributed by atoms with Crippen molar-refractivity contribution in [2.75, 3.05) is 5.73 Å². The van der Waals surface area contributed by atoms with Crippen molar-refractivity contribution in [3.05, 3.63) is 78.1 Å². The lowest BCUT2D eigenvalue weighted by molar-refractivity contribution is 0.337. The Morgan fingerprint density at radius 2 is 1.73 bits per heavy atom. The lowest BCUT2D eigenvalue weighted by Gasteiger charge is -2.37. The molecule has 3 N–H and O–H groups in total. The van der Waals surface area contributed by atoms with Crippen LogP contribution in [0.4, 0.5) is 10.2 Å². The molecule has 5 nitrogen and oxygen atoms in total. The van der Waals surface area contributed by atoms with Gasteiger partial charge in [-0.25, -0.2) is 4.39 Å². The molecule has 0 atom stereocenters. The molecule has 0 amide bonds. The van der Waals surface area contributed by atoms with E-state index in [1.807, 2.05) is 42.5 Å². The maximum Gasteiger partial charge on any atom is 0.153 e. The van der Waals surface area contributed by atoms with Crippen molar-refractivity contribution in [3.63, 3.8) is 0 Å².